The van der Waals surface area contributed by atoms with Crippen LogP contribution in [0.1, 0.15) is 54.4 Å². The zero-order chi connectivity index (χ0) is 18.3. The highest BCUT2D eigenvalue weighted by Gasteiger charge is 2.05. The molecule has 0 aliphatic heterocycles. The summed E-state index contributed by atoms with van der Waals surface area (Å²) in [4.78, 5) is 9.70. The number of ether oxygens (including phenoxy) is 1. The second-order valence-corrected chi connectivity index (χ2v) is 4.42. The Kier molecular flexibility index (Phi) is 48.6. The summed E-state index contributed by atoms with van der Waals surface area (Å²) in [7, 11) is 4.85. The van der Waals surface area contributed by atoms with E-state index in [2.05, 4.69) is 10.1 Å². The minimum Gasteiger partial charge on any atom is -0.397 e. The molecule has 0 aromatic carbocycles. The molecular weight excluding hydrogens is 274 g/mol. The number of rotatable bonds is 2. The number of nitrogens with one attached hydrogen (secondary N) is 1. The highest BCUT2D eigenvalue weighted by atomic mass is 16.4. The maximum atomic E-state index is 9.70. The van der Waals surface area contributed by atoms with Crippen LogP contribution in [0.3, 0.4) is 0 Å². The zero-order valence-corrected chi connectivity index (χ0v) is 15.5. The van der Waals surface area contributed by atoms with Crippen LogP contribution in [0.2, 0.25) is 0 Å². The number of methoxy groups -OCH3 is 1. The van der Waals surface area contributed by atoms with Crippen LogP contribution in [-0.2, 0) is 9.53 Å². The maximum absolute atomic E-state index is 9.70. The van der Waals surface area contributed by atoms with Crippen LogP contribution >= 0.6 is 0 Å². The van der Waals surface area contributed by atoms with E-state index in [-0.39, 0.29) is 12.5 Å². The predicted octanol–water partition coefficient (Wildman–Crippen LogP) is 1.57. The van der Waals surface area contributed by atoms with Crippen molar-refractivity contribution in [2.45, 2.75) is 60.0 Å². The first-order chi connectivity index (χ1) is 9.57. The number of aliphatic hydroxyl groups excluding tert-OH is 2. The fourth-order valence-corrected chi connectivity index (χ4v) is 0. The second kappa shape index (κ2) is 31.6. The standard InChI is InChI=1S/C5H12O.C3H7NO.C3H8O.2C2H6O/c1-4-5(2,3)6;1-3(5)4-2;1-2-3-4;1-3-2;1-2-3/h6H,4H2,1-3H3;1-2H3,(H,4,5);4H,2-3H2,1H3;1-2H3;3H,2H2,1H3. The van der Waals surface area contributed by atoms with Gasteiger partial charge in [-0.3, -0.25) is 4.79 Å². The molecule has 21 heavy (non-hydrogen) atoms. The summed E-state index contributed by atoms with van der Waals surface area (Å²) in [6.45, 7) is 11.2. The molecule has 0 fully saturated rings. The molecule has 0 unspecified atom stereocenters. The Bertz CT molecular complexity index is 155. The van der Waals surface area contributed by atoms with Crippen LogP contribution in [0.5, 0.6) is 0 Å². The van der Waals surface area contributed by atoms with Gasteiger partial charge in [0.2, 0.25) is 5.91 Å². The molecule has 0 atom stereocenters. The lowest BCUT2D eigenvalue weighted by Crippen LogP contribution is -2.15. The Labute approximate surface area is 131 Å². The molecule has 0 saturated carbocycles. The lowest BCUT2D eigenvalue weighted by atomic mass is 10.1. The summed E-state index contributed by atoms with van der Waals surface area (Å²) < 4.78 is 4.25. The normalized spacial score (nSPS) is 8.19. The average Bonchev–Trinajstić information content (AvgIpc) is 2.40. The van der Waals surface area contributed by atoms with E-state index in [1.165, 1.54) is 6.92 Å². The molecule has 1 amide bonds. The monoisotopic (exact) mass is 313 g/mol. The molecule has 0 heterocycles. The van der Waals surface area contributed by atoms with Gasteiger partial charge in [-0.15, -0.1) is 0 Å². The summed E-state index contributed by atoms with van der Waals surface area (Å²) >= 11 is 0. The first-order valence-corrected chi connectivity index (χ1v) is 7.10. The van der Waals surface area contributed by atoms with Crippen molar-refractivity contribution in [1.29, 1.82) is 0 Å². The number of amides is 1. The SMILES string of the molecule is CCC(C)(C)O.CCCO.CCO.CNC(C)=O.COC. The van der Waals surface area contributed by atoms with Crippen molar-refractivity contribution in [2.75, 3.05) is 34.5 Å². The van der Waals surface area contributed by atoms with Crippen LogP contribution in [0.15, 0.2) is 0 Å². The predicted molar refractivity (Wildman–Crippen MR) is 89.4 cm³/mol. The van der Waals surface area contributed by atoms with Gasteiger partial charge in [-0.2, -0.15) is 0 Å². The van der Waals surface area contributed by atoms with Gasteiger partial charge in [-0.25, -0.2) is 0 Å². The molecule has 0 spiro atoms. The first-order valence-electron chi connectivity index (χ1n) is 7.10. The van der Waals surface area contributed by atoms with Gasteiger partial charge in [0.05, 0.1) is 5.60 Å². The quantitative estimate of drug-likeness (QED) is 0.620. The Morgan fingerprint density at radius 3 is 1.29 bits per heavy atom. The number of hydrogen-bond donors (Lipinski definition) is 4. The number of carbonyl (C=O) groups excluding carboxylic acids is 1. The fourth-order valence-electron chi connectivity index (χ4n) is 0. The van der Waals surface area contributed by atoms with Crippen molar-refractivity contribution in [3.05, 3.63) is 0 Å². The second-order valence-electron chi connectivity index (χ2n) is 4.42. The number of hydrogen-bond acceptors (Lipinski definition) is 5. The van der Waals surface area contributed by atoms with Crippen LogP contribution in [0, 0.1) is 0 Å². The number of carbonyl (C=O) groups is 1. The smallest absolute Gasteiger partial charge is 0.216 e. The first kappa shape index (κ1) is 32.3. The minimum atomic E-state index is -0.458. The summed E-state index contributed by atoms with van der Waals surface area (Å²) in [5.41, 5.74) is -0.458. The van der Waals surface area contributed by atoms with Crippen LogP contribution < -0.4 is 5.32 Å². The molecule has 0 saturated heterocycles. The van der Waals surface area contributed by atoms with Gasteiger partial charge in [-0.1, -0.05) is 13.8 Å². The van der Waals surface area contributed by atoms with E-state index in [9.17, 15) is 4.79 Å². The topological polar surface area (TPSA) is 99.0 Å². The Balaban J connectivity index is -0.0000000524. The van der Waals surface area contributed by atoms with Crippen molar-refractivity contribution in [1.82, 2.24) is 5.32 Å². The summed E-state index contributed by atoms with van der Waals surface area (Å²) in [5.74, 6) is 0.00463. The fraction of sp³-hybridized carbons (Fsp3) is 0.933. The van der Waals surface area contributed by atoms with E-state index in [0.29, 0.717) is 6.61 Å². The molecule has 6 nitrogen and oxygen atoms in total. The molecule has 0 radical (unpaired) electrons. The lowest BCUT2D eigenvalue weighted by molar-refractivity contribution is -0.118. The molecule has 0 aliphatic rings. The number of aliphatic hydroxyl groups is 3. The summed E-state index contributed by atoms with van der Waals surface area (Å²) in [6.07, 6.45) is 1.70. The zero-order valence-electron chi connectivity index (χ0n) is 15.5. The van der Waals surface area contributed by atoms with E-state index in [1.54, 1.807) is 42.0 Å². The van der Waals surface area contributed by atoms with Crippen molar-refractivity contribution >= 4 is 5.91 Å². The molecule has 4 N–H and O–H groups in total. The van der Waals surface area contributed by atoms with Crippen LogP contribution in [-0.4, -0.2) is 61.3 Å². The van der Waals surface area contributed by atoms with Crippen molar-refractivity contribution in [3.8, 4) is 0 Å². The Morgan fingerprint density at radius 2 is 1.29 bits per heavy atom. The van der Waals surface area contributed by atoms with Crippen molar-refractivity contribution < 1.29 is 24.9 Å². The van der Waals surface area contributed by atoms with Crippen LogP contribution in [0.4, 0.5) is 0 Å². The van der Waals surface area contributed by atoms with Gasteiger partial charge in [0.15, 0.2) is 0 Å². The third kappa shape index (κ3) is 205. The molecule has 0 aliphatic carbocycles. The molecule has 0 bridgehead atoms. The van der Waals surface area contributed by atoms with E-state index in [0.717, 1.165) is 12.8 Å². The largest absolute Gasteiger partial charge is 0.397 e. The van der Waals surface area contributed by atoms with E-state index in [1.807, 2.05) is 13.8 Å². The Hall–Kier alpha value is -0.690. The van der Waals surface area contributed by atoms with Gasteiger partial charge < -0.3 is 25.4 Å². The Morgan fingerprint density at radius 1 is 1.14 bits per heavy atom. The molecule has 0 rings (SSSR count). The van der Waals surface area contributed by atoms with Crippen molar-refractivity contribution in [2.24, 2.45) is 0 Å². The highest BCUT2D eigenvalue weighted by molar-refractivity contribution is 5.72. The van der Waals surface area contributed by atoms with E-state index >= 15 is 0 Å². The maximum Gasteiger partial charge on any atom is 0.216 e. The molecular formula is C15H39NO5. The molecule has 134 valence electrons. The van der Waals surface area contributed by atoms with Crippen LogP contribution in [0.25, 0.3) is 0 Å². The lowest BCUT2D eigenvalue weighted by Gasteiger charge is -2.11. The molecule has 0 aromatic rings. The van der Waals surface area contributed by atoms with Gasteiger partial charge in [0, 0.05) is 41.4 Å². The minimum absolute atomic E-state index is 0.00463. The van der Waals surface area contributed by atoms with Gasteiger partial charge in [-0.05, 0) is 33.6 Å². The molecule has 6 heteroatoms. The van der Waals surface area contributed by atoms with Crippen molar-refractivity contribution in [3.63, 3.8) is 0 Å². The van der Waals surface area contributed by atoms with E-state index in [4.69, 9.17) is 15.3 Å². The van der Waals surface area contributed by atoms with Gasteiger partial charge in [0.25, 0.3) is 0 Å². The third-order valence-electron chi connectivity index (χ3n) is 1.44. The average molecular weight is 313 g/mol. The van der Waals surface area contributed by atoms with E-state index < -0.39 is 5.60 Å². The summed E-state index contributed by atoms with van der Waals surface area (Å²) in [6, 6.07) is 0. The third-order valence-corrected chi connectivity index (χ3v) is 1.44. The van der Waals surface area contributed by atoms with Gasteiger partial charge >= 0.3 is 0 Å². The van der Waals surface area contributed by atoms with Gasteiger partial charge in [0.1, 0.15) is 0 Å². The molecule has 0 aromatic heterocycles. The summed E-state index contributed by atoms with van der Waals surface area (Å²) in [5, 5.41) is 26.7. The highest BCUT2D eigenvalue weighted by Crippen LogP contribution is 2.03.